The average Bonchev–Trinajstić information content (AvgIpc) is 2.66. The van der Waals surface area contributed by atoms with Gasteiger partial charge in [-0.25, -0.2) is 0 Å². The van der Waals surface area contributed by atoms with Crippen LogP contribution in [-0.4, -0.2) is 25.7 Å². The molecule has 2 heteroatoms. The molecule has 3 aliphatic rings. The van der Waals surface area contributed by atoms with Crippen LogP contribution in [0.15, 0.2) is 30.3 Å². The molecule has 1 aliphatic heterocycles. The largest absolute Gasteiger partial charge is 0.317 e. The van der Waals surface area contributed by atoms with E-state index in [9.17, 15) is 0 Å². The quantitative estimate of drug-likeness (QED) is 0.700. The van der Waals surface area contributed by atoms with Crippen LogP contribution in [0.1, 0.15) is 76.7 Å². The summed E-state index contributed by atoms with van der Waals surface area (Å²) < 4.78 is 0. The van der Waals surface area contributed by atoms with Crippen molar-refractivity contribution >= 4 is 0 Å². The number of rotatable bonds is 6. The highest BCUT2D eigenvalue weighted by Crippen LogP contribution is 2.58. The summed E-state index contributed by atoms with van der Waals surface area (Å²) in [4.78, 5) is 0. The van der Waals surface area contributed by atoms with Crippen molar-refractivity contribution in [1.82, 2.24) is 10.6 Å². The molecule has 1 aromatic carbocycles. The minimum Gasteiger partial charge on any atom is -0.317 e. The Morgan fingerprint density at radius 2 is 1.88 bits per heavy atom. The molecule has 3 fully saturated rings. The van der Waals surface area contributed by atoms with Gasteiger partial charge in [0.15, 0.2) is 0 Å². The summed E-state index contributed by atoms with van der Waals surface area (Å²) in [6.07, 6.45) is 14.0. The van der Waals surface area contributed by atoms with Gasteiger partial charge in [0.05, 0.1) is 0 Å². The van der Waals surface area contributed by atoms with Crippen LogP contribution in [0.5, 0.6) is 0 Å². The highest BCUT2D eigenvalue weighted by Gasteiger charge is 2.49. The zero-order valence-corrected chi connectivity index (χ0v) is 16.7. The van der Waals surface area contributed by atoms with Gasteiger partial charge in [-0.2, -0.15) is 0 Å². The molecule has 2 N–H and O–H groups in total. The van der Waals surface area contributed by atoms with E-state index in [1.807, 2.05) is 0 Å². The van der Waals surface area contributed by atoms with Crippen molar-refractivity contribution in [3.63, 3.8) is 0 Å². The first kappa shape index (κ1) is 18.5. The molecule has 0 radical (unpaired) electrons. The summed E-state index contributed by atoms with van der Waals surface area (Å²) in [7, 11) is 0. The molecule has 3 unspecified atom stereocenters. The molecule has 0 amide bonds. The van der Waals surface area contributed by atoms with E-state index in [4.69, 9.17) is 0 Å². The standard InChI is InChI=1S/C24H38N2/c1-23-12-6-13-24(19-23,21-8-3-2-4-9-21)18-20(17-23)7-5-14-26-22-10-15-25-16-11-22/h2-4,8-9,20,22,25-26H,5-7,10-19H2,1H3. The van der Waals surface area contributed by atoms with Gasteiger partial charge in [-0.1, -0.05) is 43.7 Å². The topological polar surface area (TPSA) is 24.1 Å². The van der Waals surface area contributed by atoms with E-state index in [1.165, 1.54) is 83.8 Å². The minimum atomic E-state index is 0.472. The summed E-state index contributed by atoms with van der Waals surface area (Å²) in [6, 6.07) is 12.3. The Hall–Kier alpha value is -0.860. The zero-order chi connectivity index (χ0) is 17.9. The molecule has 1 saturated heterocycles. The maximum atomic E-state index is 3.82. The second-order valence-electron chi connectivity index (χ2n) is 9.88. The Balaban J connectivity index is 1.35. The van der Waals surface area contributed by atoms with Gasteiger partial charge >= 0.3 is 0 Å². The van der Waals surface area contributed by atoms with Gasteiger partial charge in [-0.05, 0) is 99.7 Å². The normalized spacial score (nSPS) is 35.3. The molecule has 1 aromatic rings. The smallest absolute Gasteiger partial charge is 0.00912 e. The molecular weight excluding hydrogens is 316 g/mol. The van der Waals surface area contributed by atoms with Crippen LogP contribution in [0.2, 0.25) is 0 Å². The first-order valence-electron chi connectivity index (χ1n) is 11.2. The Morgan fingerprint density at radius 3 is 2.69 bits per heavy atom. The Kier molecular flexibility index (Phi) is 5.71. The predicted octanol–water partition coefficient (Wildman–Crippen LogP) is 5.04. The molecule has 26 heavy (non-hydrogen) atoms. The molecule has 144 valence electrons. The first-order chi connectivity index (χ1) is 12.7. The molecule has 1 heterocycles. The fraction of sp³-hybridized carbons (Fsp3) is 0.750. The Labute approximate surface area is 160 Å². The molecule has 2 saturated carbocycles. The molecule has 2 nitrogen and oxygen atoms in total. The second-order valence-corrected chi connectivity index (χ2v) is 9.88. The number of nitrogens with one attached hydrogen (secondary N) is 2. The number of fused-ring (bicyclic) bond motifs is 2. The van der Waals surface area contributed by atoms with Gasteiger partial charge in [0.1, 0.15) is 0 Å². The van der Waals surface area contributed by atoms with E-state index in [1.54, 1.807) is 5.56 Å². The van der Waals surface area contributed by atoms with Crippen molar-refractivity contribution in [2.45, 2.75) is 82.6 Å². The van der Waals surface area contributed by atoms with Gasteiger partial charge in [0.25, 0.3) is 0 Å². The molecule has 2 bridgehead atoms. The summed E-state index contributed by atoms with van der Waals surface area (Å²) in [5.74, 6) is 0.920. The van der Waals surface area contributed by atoms with Crippen LogP contribution in [0.25, 0.3) is 0 Å². The van der Waals surface area contributed by atoms with Crippen molar-refractivity contribution in [3.8, 4) is 0 Å². The van der Waals surface area contributed by atoms with E-state index in [2.05, 4.69) is 47.9 Å². The van der Waals surface area contributed by atoms with Crippen molar-refractivity contribution in [2.24, 2.45) is 11.3 Å². The molecule has 4 rings (SSSR count). The third kappa shape index (κ3) is 4.17. The zero-order valence-electron chi connectivity index (χ0n) is 16.7. The van der Waals surface area contributed by atoms with E-state index in [-0.39, 0.29) is 0 Å². The monoisotopic (exact) mass is 354 g/mol. The molecule has 0 aromatic heterocycles. The van der Waals surface area contributed by atoms with E-state index in [0.717, 1.165) is 12.0 Å². The van der Waals surface area contributed by atoms with Gasteiger partial charge in [0.2, 0.25) is 0 Å². The van der Waals surface area contributed by atoms with Crippen LogP contribution in [0.3, 0.4) is 0 Å². The number of benzene rings is 1. The van der Waals surface area contributed by atoms with Gasteiger partial charge in [-0.15, -0.1) is 0 Å². The van der Waals surface area contributed by atoms with Crippen molar-refractivity contribution in [3.05, 3.63) is 35.9 Å². The van der Waals surface area contributed by atoms with Crippen molar-refractivity contribution < 1.29 is 0 Å². The lowest BCUT2D eigenvalue weighted by molar-refractivity contribution is 0.0261. The van der Waals surface area contributed by atoms with E-state index in [0.29, 0.717) is 10.8 Å². The molecular formula is C24H38N2. The average molecular weight is 355 g/mol. The van der Waals surface area contributed by atoms with Crippen LogP contribution < -0.4 is 10.6 Å². The lowest BCUT2D eigenvalue weighted by atomic mass is 9.50. The van der Waals surface area contributed by atoms with Crippen LogP contribution in [0.4, 0.5) is 0 Å². The summed E-state index contributed by atoms with van der Waals surface area (Å²) >= 11 is 0. The number of piperidine rings is 1. The fourth-order valence-electron chi connectivity index (χ4n) is 6.60. The van der Waals surface area contributed by atoms with Crippen molar-refractivity contribution in [1.29, 1.82) is 0 Å². The third-order valence-corrected chi connectivity index (χ3v) is 7.61. The second kappa shape index (κ2) is 8.02. The highest BCUT2D eigenvalue weighted by molar-refractivity contribution is 5.28. The SMILES string of the molecule is CC12CCCC(c3ccccc3)(CC(CCCNC3CCNCC3)C1)C2. The van der Waals surface area contributed by atoms with Crippen LogP contribution in [0, 0.1) is 11.3 Å². The lowest BCUT2D eigenvalue weighted by Gasteiger charge is -2.54. The Morgan fingerprint density at radius 1 is 1.08 bits per heavy atom. The summed E-state index contributed by atoms with van der Waals surface area (Å²) in [6.45, 7) is 6.19. The lowest BCUT2D eigenvalue weighted by Crippen LogP contribution is -2.45. The maximum Gasteiger partial charge on any atom is 0.00912 e. The first-order valence-corrected chi connectivity index (χ1v) is 11.2. The highest BCUT2D eigenvalue weighted by atomic mass is 15.0. The summed E-state index contributed by atoms with van der Waals surface area (Å²) in [5, 5.41) is 7.29. The number of hydrogen-bond donors (Lipinski definition) is 2. The molecule has 3 atom stereocenters. The molecule has 2 aliphatic carbocycles. The van der Waals surface area contributed by atoms with Crippen LogP contribution >= 0.6 is 0 Å². The van der Waals surface area contributed by atoms with Gasteiger partial charge < -0.3 is 10.6 Å². The van der Waals surface area contributed by atoms with Gasteiger partial charge in [-0.3, -0.25) is 0 Å². The Bertz CT molecular complexity index is 565. The fourth-order valence-corrected chi connectivity index (χ4v) is 6.60. The minimum absolute atomic E-state index is 0.472. The summed E-state index contributed by atoms with van der Waals surface area (Å²) in [5.41, 5.74) is 2.68. The van der Waals surface area contributed by atoms with Crippen molar-refractivity contribution in [2.75, 3.05) is 19.6 Å². The van der Waals surface area contributed by atoms with Crippen LogP contribution in [-0.2, 0) is 5.41 Å². The van der Waals surface area contributed by atoms with E-state index < -0.39 is 0 Å². The van der Waals surface area contributed by atoms with Gasteiger partial charge in [0, 0.05) is 6.04 Å². The van der Waals surface area contributed by atoms with E-state index >= 15 is 0 Å². The number of hydrogen-bond acceptors (Lipinski definition) is 2. The maximum absolute atomic E-state index is 3.82. The molecule has 0 spiro atoms. The predicted molar refractivity (Wildman–Crippen MR) is 111 cm³/mol. The third-order valence-electron chi connectivity index (χ3n) is 7.61.